The highest BCUT2D eigenvalue weighted by molar-refractivity contribution is 5.82. The van der Waals surface area contributed by atoms with Crippen molar-refractivity contribution in [3.8, 4) is 11.5 Å². The largest absolute Gasteiger partial charge is 0.361 e. The first-order valence-corrected chi connectivity index (χ1v) is 9.88. The maximum Gasteiger partial charge on any atom is 0.158 e. The van der Waals surface area contributed by atoms with Crippen LogP contribution in [0.1, 0.15) is 35.7 Å². The first kappa shape index (κ1) is 17.1. The monoisotopic (exact) mass is 372 g/mol. The summed E-state index contributed by atoms with van der Waals surface area (Å²) >= 11 is 0. The number of aromatic amines is 2. The summed E-state index contributed by atoms with van der Waals surface area (Å²) in [5.74, 6) is 1.18. The summed E-state index contributed by atoms with van der Waals surface area (Å²) in [4.78, 5) is 23.0. The van der Waals surface area contributed by atoms with Gasteiger partial charge in [-0.15, -0.1) is 0 Å². The predicted octanol–water partition coefficient (Wildman–Crippen LogP) is 4.04. The van der Waals surface area contributed by atoms with Crippen LogP contribution in [-0.4, -0.2) is 42.9 Å². The molecule has 3 aromatic heterocycles. The van der Waals surface area contributed by atoms with Gasteiger partial charge in [0, 0.05) is 60.4 Å². The van der Waals surface area contributed by atoms with Gasteiger partial charge in [-0.3, -0.25) is 9.88 Å². The van der Waals surface area contributed by atoms with Crippen molar-refractivity contribution in [1.29, 1.82) is 0 Å². The first-order valence-electron chi connectivity index (χ1n) is 9.88. The third kappa shape index (κ3) is 3.20. The molecule has 1 aromatic carbocycles. The molecule has 1 unspecified atom stereocenters. The zero-order valence-electron chi connectivity index (χ0n) is 16.0. The molecule has 0 spiro atoms. The van der Waals surface area contributed by atoms with Crippen molar-refractivity contribution in [3.63, 3.8) is 0 Å². The Morgan fingerprint density at radius 3 is 2.93 bits per heavy atom. The molecule has 28 heavy (non-hydrogen) atoms. The summed E-state index contributed by atoms with van der Waals surface area (Å²) in [6.07, 6.45) is 9.85. The number of hydrogen-bond donors (Lipinski definition) is 2. The zero-order valence-corrected chi connectivity index (χ0v) is 16.0. The van der Waals surface area contributed by atoms with Gasteiger partial charge in [-0.25, -0.2) is 9.97 Å². The van der Waals surface area contributed by atoms with Crippen LogP contribution in [0.5, 0.6) is 0 Å². The molecule has 142 valence electrons. The van der Waals surface area contributed by atoms with E-state index in [1.54, 1.807) is 12.4 Å². The Kier molecular flexibility index (Phi) is 4.41. The van der Waals surface area contributed by atoms with Gasteiger partial charge in [0.25, 0.3) is 0 Å². The molecular formula is C22H24N6. The molecule has 2 N–H and O–H groups in total. The standard InChI is InChI=1S/C22H24N6/c1-15-11-26-22(27-15)21-20(23-8-9-24-21)16-5-4-10-28(13-16)14-17-12-25-19-7-3-2-6-18(17)19/h2-3,6-9,11-12,16,25H,4-5,10,13-14H2,1H3,(H,26,27). The predicted molar refractivity (Wildman–Crippen MR) is 110 cm³/mol. The van der Waals surface area contributed by atoms with Crippen molar-refractivity contribution in [3.05, 3.63) is 66.0 Å². The SMILES string of the molecule is Cc1cnc(-c2nccnc2C2CCCN(Cc3c[nH]c4ccccc34)C2)[nH]1. The number of benzene rings is 1. The fourth-order valence-corrected chi connectivity index (χ4v) is 4.29. The Balaban J connectivity index is 1.39. The van der Waals surface area contributed by atoms with E-state index in [1.165, 1.54) is 22.9 Å². The van der Waals surface area contributed by atoms with Gasteiger partial charge in [-0.05, 0) is 37.9 Å². The highest BCUT2D eigenvalue weighted by atomic mass is 15.1. The van der Waals surface area contributed by atoms with E-state index < -0.39 is 0 Å². The highest BCUT2D eigenvalue weighted by Crippen LogP contribution is 2.32. The second-order valence-electron chi connectivity index (χ2n) is 7.64. The molecule has 1 fully saturated rings. The smallest absolute Gasteiger partial charge is 0.158 e. The van der Waals surface area contributed by atoms with Crippen LogP contribution in [0, 0.1) is 6.92 Å². The fraction of sp³-hybridized carbons (Fsp3) is 0.318. The van der Waals surface area contributed by atoms with Gasteiger partial charge < -0.3 is 9.97 Å². The number of imidazole rings is 1. The number of rotatable bonds is 4. The lowest BCUT2D eigenvalue weighted by Crippen LogP contribution is -2.34. The number of aryl methyl sites for hydroxylation is 1. The van der Waals surface area contributed by atoms with Crippen LogP contribution in [0.4, 0.5) is 0 Å². The topological polar surface area (TPSA) is 73.5 Å². The molecular weight excluding hydrogens is 348 g/mol. The van der Waals surface area contributed by atoms with Crippen molar-refractivity contribution in [2.24, 2.45) is 0 Å². The summed E-state index contributed by atoms with van der Waals surface area (Å²) in [7, 11) is 0. The molecule has 4 heterocycles. The van der Waals surface area contributed by atoms with E-state index in [4.69, 9.17) is 4.98 Å². The van der Waals surface area contributed by atoms with Gasteiger partial charge >= 0.3 is 0 Å². The third-order valence-electron chi connectivity index (χ3n) is 5.61. The maximum atomic E-state index is 4.71. The first-order chi connectivity index (χ1) is 13.8. The van der Waals surface area contributed by atoms with Gasteiger partial charge in [-0.1, -0.05) is 18.2 Å². The molecule has 0 amide bonds. The van der Waals surface area contributed by atoms with Gasteiger partial charge in [0.15, 0.2) is 5.82 Å². The lowest BCUT2D eigenvalue weighted by molar-refractivity contribution is 0.199. The molecule has 0 saturated carbocycles. The highest BCUT2D eigenvalue weighted by Gasteiger charge is 2.26. The van der Waals surface area contributed by atoms with Crippen LogP contribution in [0.25, 0.3) is 22.4 Å². The summed E-state index contributed by atoms with van der Waals surface area (Å²) in [6.45, 7) is 5.07. The van der Waals surface area contributed by atoms with E-state index >= 15 is 0 Å². The second-order valence-corrected chi connectivity index (χ2v) is 7.64. The quantitative estimate of drug-likeness (QED) is 0.567. The Bertz CT molecular complexity index is 1100. The molecule has 6 heteroatoms. The van der Waals surface area contributed by atoms with E-state index in [2.05, 4.69) is 55.3 Å². The van der Waals surface area contributed by atoms with Gasteiger partial charge in [0.1, 0.15) is 5.69 Å². The number of aromatic nitrogens is 5. The second kappa shape index (κ2) is 7.20. The summed E-state index contributed by atoms with van der Waals surface area (Å²) in [6, 6.07) is 8.51. The molecule has 0 bridgehead atoms. The minimum atomic E-state index is 0.369. The number of hydrogen-bond acceptors (Lipinski definition) is 4. The van der Waals surface area contributed by atoms with Crippen LogP contribution >= 0.6 is 0 Å². The van der Waals surface area contributed by atoms with E-state index in [1.807, 2.05) is 13.1 Å². The van der Waals surface area contributed by atoms with Crippen molar-refractivity contribution in [2.75, 3.05) is 13.1 Å². The Morgan fingerprint density at radius 1 is 1.14 bits per heavy atom. The minimum Gasteiger partial charge on any atom is -0.361 e. The fourth-order valence-electron chi connectivity index (χ4n) is 4.29. The van der Waals surface area contributed by atoms with Crippen LogP contribution in [0.15, 0.2) is 49.1 Å². The summed E-state index contributed by atoms with van der Waals surface area (Å²) in [5, 5.41) is 1.32. The average molecular weight is 372 g/mol. The minimum absolute atomic E-state index is 0.369. The molecule has 1 aliphatic heterocycles. The molecule has 1 saturated heterocycles. The number of H-pyrrole nitrogens is 2. The van der Waals surface area contributed by atoms with Crippen LogP contribution in [0.2, 0.25) is 0 Å². The Morgan fingerprint density at radius 2 is 2.04 bits per heavy atom. The normalized spacial score (nSPS) is 18.0. The van der Waals surface area contributed by atoms with E-state index in [-0.39, 0.29) is 0 Å². The molecule has 4 aromatic rings. The van der Waals surface area contributed by atoms with Crippen LogP contribution in [-0.2, 0) is 6.54 Å². The Labute approximate surface area is 164 Å². The van der Waals surface area contributed by atoms with Gasteiger partial charge in [0.2, 0.25) is 0 Å². The van der Waals surface area contributed by atoms with E-state index in [0.29, 0.717) is 5.92 Å². The molecule has 1 atom stereocenters. The van der Waals surface area contributed by atoms with Gasteiger partial charge in [-0.2, -0.15) is 0 Å². The number of piperidine rings is 1. The van der Waals surface area contributed by atoms with E-state index in [9.17, 15) is 0 Å². The third-order valence-corrected chi connectivity index (χ3v) is 5.61. The summed E-state index contributed by atoms with van der Waals surface area (Å²) in [5.41, 5.74) is 5.54. The van der Waals surface area contributed by atoms with Gasteiger partial charge in [0.05, 0.1) is 5.69 Å². The number of nitrogens with zero attached hydrogens (tertiary/aromatic N) is 4. The van der Waals surface area contributed by atoms with Crippen molar-refractivity contribution in [2.45, 2.75) is 32.2 Å². The molecule has 5 rings (SSSR count). The van der Waals surface area contributed by atoms with Crippen LogP contribution in [0.3, 0.4) is 0 Å². The number of nitrogens with one attached hydrogen (secondary N) is 2. The lowest BCUT2D eigenvalue weighted by atomic mass is 9.92. The molecule has 1 aliphatic rings. The zero-order chi connectivity index (χ0) is 18.9. The van der Waals surface area contributed by atoms with Crippen molar-refractivity contribution < 1.29 is 0 Å². The molecule has 0 aliphatic carbocycles. The summed E-state index contributed by atoms with van der Waals surface area (Å²) < 4.78 is 0. The number of fused-ring (bicyclic) bond motifs is 1. The average Bonchev–Trinajstić information content (AvgIpc) is 3.35. The maximum absolute atomic E-state index is 4.71. The number of likely N-dealkylation sites (tertiary alicyclic amines) is 1. The number of para-hydroxylation sites is 1. The molecule has 6 nitrogen and oxygen atoms in total. The van der Waals surface area contributed by atoms with Crippen molar-refractivity contribution in [1.82, 2.24) is 29.8 Å². The molecule has 0 radical (unpaired) electrons. The Hall–Kier alpha value is -2.99. The van der Waals surface area contributed by atoms with E-state index in [0.717, 1.165) is 49.0 Å². The lowest BCUT2D eigenvalue weighted by Gasteiger charge is -2.32. The van der Waals surface area contributed by atoms with Crippen LogP contribution < -0.4 is 0 Å². The van der Waals surface area contributed by atoms with Crippen molar-refractivity contribution >= 4 is 10.9 Å².